The zero-order chi connectivity index (χ0) is 9.72. The Morgan fingerprint density at radius 3 is 1.94 bits per heavy atom. The molecule has 0 aromatic rings. The Balaban J connectivity index is -0.000000101. The summed E-state index contributed by atoms with van der Waals surface area (Å²) in [5, 5.41) is 3.34. The van der Waals surface area contributed by atoms with E-state index in [2.05, 4.69) is 5.32 Å². The minimum absolute atomic E-state index is 0. The third-order valence-electron chi connectivity index (χ3n) is 1.45. The number of Topliss-reactive ketones (excluding diaryl/α,β-unsaturated/α-hetero) is 1. The van der Waals surface area contributed by atoms with Crippen LogP contribution in [0.15, 0.2) is 11.6 Å². The Labute approximate surface area is 165 Å². The van der Waals surface area contributed by atoms with Gasteiger partial charge in [-0.25, -0.2) is 0 Å². The fraction of sp³-hybridized carbons (Fsp3) is 0.333. The molecule has 0 spiro atoms. The number of hydrogen-bond donors (Lipinski definition) is 0. The number of nitrogens with zero attached hydrogens (tertiary/aromatic N) is 1. The summed E-state index contributed by atoms with van der Waals surface area (Å²) < 4.78 is 0. The second-order valence-corrected chi connectivity index (χ2v) is 2.27. The van der Waals surface area contributed by atoms with Crippen LogP contribution in [0.1, 0.15) is 6.92 Å². The molecule has 16 heavy (non-hydrogen) atoms. The van der Waals surface area contributed by atoms with Gasteiger partial charge in [-0.15, -0.1) is 7.05 Å². The first-order chi connectivity index (χ1) is 5.54. The van der Waals surface area contributed by atoms with E-state index in [0.29, 0.717) is 0 Å². The molecule has 0 saturated carbocycles. The quantitative estimate of drug-likeness (QED) is 0.185. The van der Waals surface area contributed by atoms with Crippen molar-refractivity contribution in [3.05, 3.63) is 30.1 Å². The Morgan fingerprint density at radius 2 is 1.69 bits per heavy atom. The summed E-state index contributed by atoms with van der Waals surface area (Å²) in [4.78, 5) is 22.0. The van der Waals surface area contributed by atoms with Crippen LogP contribution < -0.4 is 0 Å². The van der Waals surface area contributed by atoms with Crippen molar-refractivity contribution in [2.75, 3.05) is 7.05 Å². The summed E-state index contributed by atoms with van der Waals surface area (Å²) in [6.45, 7) is 11.6. The minimum atomic E-state index is -0.838. The maximum Gasteiger partial charge on any atom is 2.00 e. The van der Waals surface area contributed by atoms with Gasteiger partial charge in [-0.1, -0.05) is 6.92 Å². The summed E-state index contributed by atoms with van der Waals surface area (Å²) in [6.07, 6.45) is 0.974. The van der Waals surface area contributed by atoms with Crippen LogP contribution in [0.3, 0.4) is 0 Å². The first kappa shape index (κ1) is 30.7. The summed E-state index contributed by atoms with van der Waals surface area (Å²) >= 11 is 0. The SMILES string of the molecule is [CH-]=CC(=[CH-])C(=O)C(C)C(=O)[N-]C.[W+2].[W].[W].[Y]. The number of hydrogen-bond acceptors (Lipinski definition) is 2. The summed E-state index contributed by atoms with van der Waals surface area (Å²) in [6, 6.07) is 0. The van der Waals surface area contributed by atoms with Crippen molar-refractivity contribution in [1.82, 2.24) is 0 Å². The van der Waals surface area contributed by atoms with Crippen molar-refractivity contribution in [2.24, 2.45) is 5.92 Å². The van der Waals surface area contributed by atoms with Crippen LogP contribution in [-0.4, -0.2) is 18.7 Å². The molecule has 0 fully saturated rings. The molecular weight excluding hydrogens is 795 g/mol. The van der Waals surface area contributed by atoms with E-state index in [0.717, 1.165) is 6.08 Å². The number of carbonyl (C=O) groups excluding carboxylic acids is 2. The summed E-state index contributed by atoms with van der Waals surface area (Å²) in [5.74, 6) is -1.83. The monoisotopic (exact) mass is 805 g/mol. The molecule has 1 radical (unpaired) electrons. The molecule has 0 heterocycles. The molecule has 0 aromatic heterocycles. The van der Waals surface area contributed by atoms with Crippen molar-refractivity contribution < 1.29 is 105 Å². The number of allylic oxidation sites excluding steroid dienone is 2. The Bertz CT molecular complexity index is 247. The van der Waals surface area contributed by atoms with E-state index in [1.807, 2.05) is 0 Å². The molecule has 1 amide bonds. The average Bonchev–Trinajstić information content (AvgIpc) is 2.12. The van der Waals surface area contributed by atoms with Crippen LogP contribution in [-0.2, 0) is 105 Å². The predicted octanol–water partition coefficient (Wildman–Crippen LogP) is 1.06. The smallest absolute Gasteiger partial charge is 0.656 e. The molecule has 0 aromatic carbocycles. The standard InChI is InChI=1S/C9H11NO2.3W.Y/c1-5-6(2)8(11)7(3)9(12)10-4;;;;/h1-2,5,7H,3-4H3,(H,10,12);;;;/q-2;;;+2;/p-1. The zero-order valence-corrected chi connectivity index (χ0v) is 20.5. The molecule has 0 rings (SSSR count). The van der Waals surface area contributed by atoms with Gasteiger partial charge in [0, 0.05) is 80.7 Å². The van der Waals surface area contributed by atoms with Crippen LogP contribution in [0.25, 0.3) is 5.32 Å². The maximum absolute atomic E-state index is 11.1. The molecule has 1 atom stereocenters. The molecular formula is C9H10NO2W3Y-. The Kier molecular flexibility index (Phi) is 32.2. The van der Waals surface area contributed by atoms with Gasteiger partial charge in [0.1, 0.15) is 0 Å². The van der Waals surface area contributed by atoms with Crippen LogP contribution in [0.2, 0.25) is 0 Å². The minimum Gasteiger partial charge on any atom is -0.656 e. The zero-order valence-electron chi connectivity index (χ0n) is 8.88. The number of ketones is 1. The Hall–Kier alpha value is 1.79. The third kappa shape index (κ3) is 10.9. The van der Waals surface area contributed by atoms with Gasteiger partial charge in [-0.3, -0.25) is 0 Å². The largest absolute Gasteiger partial charge is 2.00 e. The van der Waals surface area contributed by atoms with E-state index in [1.165, 1.54) is 14.0 Å². The number of rotatable bonds is 4. The van der Waals surface area contributed by atoms with E-state index in [-0.39, 0.29) is 101 Å². The molecule has 3 nitrogen and oxygen atoms in total. The van der Waals surface area contributed by atoms with E-state index >= 15 is 0 Å². The van der Waals surface area contributed by atoms with E-state index < -0.39 is 17.6 Å². The van der Waals surface area contributed by atoms with E-state index in [1.54, 1.807) is 0 Å². The average molecular weight is 805 g/mol. The number of carbonyl (C=O) groups is 2. The van der Waals surface area contributed by atoms with E-state index in [4.69, 9.17) is 13.2 Å². The van der Waals surface area contributed by atoms with Crippen molar-refractivity contribution >= 4 is 11.7 Å². The fourth-order valence-electron chi connectivity index (χ4n) is 0.638. The van der Waals surface area contributed by atoms with Gasteiger partial charge < -0.3 is 39.7 Å². The van der Waals surface area contributed by atoms with Crippen LogP contribution in [0.4, 0.5) is 0 Å². The number of amides is 1. The topological polar surface area (TPSA) is 48.2 Å². The predicted molar refractivity (Wildman–Crippen MR) is 45.1 cm³/mol. The van der Waals surface area contributed by atoms with Crippen molar-refractivity contribution in [1.29, 1.82) is 0 Å². The molecule has 0 N–H and O–H groups in total. The first-order valence-electron chi connectivity index (χ1n) is 3.39. The normalized spacial score (nSPS) is 8.62. The van der Waals surface area contributed by atoms with Gasteiger partial charge >= 0.3 is 21.1 Å². The second-order valence-electron chi connectivity index (χ2n) is 2.27. The molecule has 1 unspecified atom stereocenters. The van der Waals surface area contributed by atoms with Crippen molar-refractivity contribution in [2.45, 2.75) is 6.92 Å². The molecule has 0 saturated heterocycles. The van der Waals surface area contributed by atoms with Crippen LogP contribution >= 0.6 is 0 Å². The van der Waals surface area contributed by atoms with Crippen LogP contribution in [0, 0.1) is 19.1 Å². The van der Waals surface area contributed by atoms with Crippen LogP contribution in [0.5, 0.6) is 0 Å². The van der Waals surface area contributed by atoms with Gasteiger partial charge in [-0.2, -0.15) is 0 Å². The molecule has 0 aliphatic carbocycles. The van der Waals surface area contributed by atoms with Gasteiger partial charge in [0.15, 0.2) is 0 Å². The molecule has 85 valence electrons. The van der Waals surface area contributed by atoms with Crippen molar-refractivity contribution in [3.63, 3.8) is 0 Å². The van der Waals surface area contributed by atoms with Gasteiger partial charge in [0.25, 0.3) is 0 Å². The summed E-state index contributed by atoms with van der Waals surface area (Å²) in [5.41, 5.74) is -0.112. The Morgan fingerprint density at radius 1 is 1.31 bits per heavy atom. The second kappa shape index (κ2) is 16.8. The van der Waals surface area contributed by atoms with Gasteiger partial charge in [0.05, 0.1) is 0 Å². The summed E-state index contributed by atoms with van der Waals surface area (Å²) in [7, 11) is 1.33. The first-order valence-corrected chi connectivity index (χ1v) is 3.39. The van der Waals surface area contributed by atoms with Gasteiger partial charge in [0.2, 0.25) is 0 Å². The van der Waals surface area contributed by atoms with E-state index in [9.17, 15) is 9.59 Å². The molecule has 0 bridgehead atoms. The van der Waals surface area contributed by atoms with Crippen molar-refractivity contribution in [3.8, 4) is 0 Å². The maximum atomic E-state index is 11.1. The third-order valence-corrected chi connectivity index (χ3v) is 1.45. The molecule has 0 aliphatic rings. The molecule has 7 heteroatoms. The molecule has 0 aliphatic heterocycles. The fourth-order valence-corrected chi connectivity index (χ4v) is 0.638. The van der Waals surface area contributed by atoms with Gasteiger partial charge in [-0.05, 0) is 11.7 Å².